The Labute approximate surface area is 135 Å². The minimum Gasteiger partial charge on any atom is -0.339 e. The van der Waals surface area contributed by atoms with Crippen LogP contribution < -0.4 is 0 Å². The van der Waals surface area contributed by atoms with Crippen LogP contribution in [0.5, 0.6) is 0 Å². The molecule has 0 aromatic carbocycles. The van der Waals surface area contributed by atoms with Crippen molar-refractivity contribution < 1.29 is 9.05 Å². The third kappa shape index (κ3) is 3.29. The van der Waals surface area contributed by atoms with Crippen LogP contribution in [0.2, 0.25) is 0 Å². The molecule has 23 heavy (non-hydrogen) atoms. The maximum Gasteiger partial charge on any atom is 0.240 e. The summed E-state index contributed by atoms with van der Waals surface area (Å²) >= 11 is 0. The summed E-state index contributed by atoms with van der Waals surface area (Å²) in [6.07, 6.45) is 5.39. The molecular weight excluding hydrogens is 294 g/mol. The Morgan fingerprint density at radius 3 is 2.78 bits per heavy atom. The standard InChI is InChI=1S/C16H23N5O2/c1-10(2)8-13-17-14(22-19-13)9-21-7-3-4-12(21)15-18-16(23-20-15)11-5-6-11/h10-12H,3-9H2,1-2H3/t12-/m0/s1. The molecule has 1 aliphatic carbocycles. The van der Waals surface area contributed by atoms with Crippen molar-refractivity contribution in [3.05, 3.63) is 23.4 Å². The van der Waals surface area contributed by atoms with Gasteiger partial charge in [0.15, 0.2) is 11.6 Å². The molecule has 1 atom stereocenters. The molecule has 1 aliphatic heterocycles. The molecule has 1 saturated heterocycles. The fourth-order valence-corrected chi connectivity index (χ4v) is 3.16. The van der Waals surface area contributed by atoms with Crippen LogP contribution in [-0.4, -0.2) is 31.7 Å². The van der Waals surface area contributed by atoms with E-state index in [0.717, 1.165) is 43.3 Å². The first-order chi connectivity index (χ1) is 11.2. The summed E-state index contributed by atoms with van der Waals surface area (Å²) in [6, 6.07) is 0.201. The molecule has 0 spiro atoms. The zero-order valence-electron chi connectivity index (χ0n) is 13.7. The highest BCUT2D eigenvalue weighted by atomic mass is 16.5. The Morgan fingerprint density at radius 1 is 1.13 bits per heavy atom. The Bertz CT molecular complexity index is 661. The first-order valence-electron chi connectivity index (χ1n) is 8.58. The first kappa shape index (κ1) is 14.8. The van der Waals surface area contributed by atoms with Gasteiger partial charge in [-0.3, -0.25) is 4.90 Å². The molecule has 7 nitrogen and oxygen atoms in total. The Morgan fingerprint density at radius 2 is 2.00 bits per heavy atom. The third-order valence-electron chi connectivity index (χ3n) is 4.49. The maximum absolute atomic E-state index is 5.41. The molecule has 124 valence electrons. The molecule has 0 unspecified atom stereocenters. The van der Waals surface area contributed by atoms with Gasteiger partial charge in [0.1, 0.15) is 0 Å². The maximum atomic E-state index is 5.41. The molecule has 4 rings (SSSR count). The van der Waals surface area contributed by atoms with Crippen molar-refractivity contribution >= 4 is 0 Å². The second-order valence-electron chi connectivity index (χ2n) is 7.10. The molecule has 2 aliphatic rings. The number of rotatable bonds is 6. The van der Waals surface area contributed by atoms with E-state index in [4.69, 9.17) is 9.05 Å². The number of nitrogens with zero attached hydrogens (tertiary/aromatic N) is 5. The van der Waals surface area contributed by atoms with Crippen molar-refractivity contribution in [2.45, 2.75) is 64.5 Å². The lowest BCUT2D eigenvalue weighted by Gasteiger charge is -2.19. The highest BCUT2D eigenvalue weighted by Crippen LogP contribution is 2.40. The van der Waals surface area contributed by atoms with Crippen LogP contribution in [0.4, 0.5) is 0 Å². The monoisotopic (exact) mass is 317 g/mol. The van der Waals surface area contributed by atoms with E-state index in [1.807, 2.05) is 0 Å². The minimum absolute atomic E-state index is 0.201. The van der Waals surface area contributed by atoms with Crippen molar-refractivity contribution in [1.29, 1.82) is 0 Å². The van der Waals surface area contributed by atoms with E-state index in [1.54, 1.807) is 0 Å². The fourth-order valence-electron chi connectivity index (χ4n) is 3.16. The Balaban J connectivity index is 1.43. The lowest BCUT2D eigenvalue weighted by molar-refractivity contribution is 0.202. The van der Waals surface area contributed by atoms with E-state index in [-0.39, 0.29) is 6.04 Å². The van der Waals surface area contributed by atoms with Gasteiger partial charge in [-0.2, -0.15) is 9.97 Å². The summed E-state index contributed by atoms with van der Waals surface area (Å²) in [6.45, 7) is 5.96. The van der Waals surface area contributed by atoms with Crippen LogP contribution in [-0.2, 0) is 13.0 Å². The lowest BCUT2D eigenvalue weighted by atomic mass is 10.1. The molecule has 0 radical (unpaired) electrons. The van der Waals surface area contributed by atoms with Crippen LogP contribution in [0.25, 0.3) is 0 Å². The predicted octanol–water partition coefficient (Wildman–Crippen LogP) is 2.87. The number of hydrogen-bond donors (Lipinski definition) is 0. The summed E-state index contributed by atoms with van der Waals surface area (Å²) < 4.78 is 10.8. The van der Waals surface area contributed by atoms with Gasteiger partial charge in [0.25, 0.3) is 0 Å². The molecule has 2 fully saturated rings. The zero-order chi connectivity index (χ0) is 15.8. The van der Waals surface area contributed by atoms with E-state index >= 15 is 0 Å². The lowest BCUT2D eigenvalue weighted by Crippen LogP contribution is -2.23. The molecule has 2 aromatic heterocycles. The van der Waals surface area contributed by atoms with Crippen LogP contribution in [0.3, 0.4) is 0 Å². The average molecular weight is 317 g/mol. The first-order valence-corrected chi connectivity index (χ1v) is 8.58. The molecular formula is C16H23N5O2. The topological polar surface area (TPSA) is 81.1 Å². The Hall–Kier alpha value is -1.76. The van der Waals surface area contributed by atoms with Gasteiger partial charge in [0.05, 0.1) is 12.6 Å². The Kier molecular flexibility index (Phi) is 3.88. The predicted molar refractivity (Wildman–Crippen MR) is 81.5 cm³/mol. The minimum atomic E-state index is 0.201. The zero-order valence-corrected chi connectivity index (χ0v) is 13.7. The number of hydrogen-bond acceptors (Lipinski definition) is 7. The van der Waals surface area contributed by atoms with Gasteiger partial charge < -0.3 is 9.05 Å². The van der Waals surface area contributed by atoms with E-state index in [2.05, 4.69) is 39.0 Å². The SMILES string of the molecule is CC(C)Cc1noc(CN2CCC[C@H]2c2noc(C3CC3)n2)n1. The summed E-state index contributed by atoms with van der Waals surface area (Å²) in [5, 5.41) is 8.27. The quantitative estimate of drug-likeness (QED) is 0.810. The second kappa shape index (κ2) is 6.03. The summed E-state index contributed by atoms with van der Waals surface area (Å²) in [7, 11) is 0. The molecule has 3 heterocycles. The van der Waals surface area contributed by atoms with Gasteiger partial charge in [-0.1, -0.05) is 24.2 Å². The molecule has 0 bridgehead atoms. The molecule has 2 aromatic rings. The molecule has 7 heteroatoms. The van der Waals surface area contributed by atoms with Gasteiger partial charge in [0, 0.05) is 12.3 Å². The van der Waals surface area contributed by atoms with E-state index in [9.17, 15) is 0 Å². The van der Waals surface area contributed by atoms with Crippen LogP contribution in [0, 0.1) is 5.92 Å². The van der Waals surface area contributed by atoms with Crippen LogP contribution >= 0.6 is 0 Å². The van der Waals surface area contributed by atoms with Crippen molar-refractivity contribution in [3.8, 4) is 0 Å². The van der Waals surface area contributed by atoms with Gasteiger partial charge in [-0.25, -0.2) is 0 Å². The third-order valence-corrected chi connectivity index (χ3v) is 4.49. The van der Waals surface area contributed by atoms with E-state index < -0.39 is 0 Å². The van der Waals surface area contributed by atoms with Gasteiger partial charge >= 0.3 is 0 Å². The number of likely N-dealkylation sites (tertiary alicyclic amines) is 1. The second-order valence-corrected chi connectivity index (χ2v) is 7.10. The normalized spacial score (nSPS) is 22.3. The summed E-state index contributed by atoms with van der Waals surface area (Å²) in [4.78, 5) is 11.4. The fraction of sp³-hybridized carbons (Fsp3) is 0.750. The van der Waals surface area contributed by atoms with Crippen molar-refractivity contribution in [3.63, 3.8) is 0 Å². The highest BCUT2D eigenvalue weighted by Gasteiger charge is 2.34. The van der Waals surface area contributed by atoms with Crippen molar-refractivity contribution in [1.82, 2.24) is 25.2 Å². The van der Waals surface area contributed by atoms with Crippen molar-refractivity contribution in [2.24, 2.45) is 5.92 Å². The molecule has 0 N–H and O–H groups in total. The molecule has 0 amide bonds. The van der Waals surface area contributed by atoms with Gasteiger partial charge in [0.2, 0.25) is 11.8 Å². The van der Waals surface area contributed by atoms with Crippen LogP contribution in [0.1, 0.15) is 74.9 Å². The van der Waals surface area contributed by atoms with E-state index in [0.29, 0.717) is 24.3 Å². The van der Waals surface area contributed by atoms with Gasteiger partial charge in [-0.15, -0.1) is 0 Å². The highest BCUT2D eigenvalue weighted by molar-refractivity contribution is 5.05. The van der Waals surface area contributed by atoms with E-state index in [1.165, 1.54) is 12.8 Å². The smallest absolute Gasteiger partial charge is 0.240 e. The van der Waals surface area contributed by atoms with Gasteiger partial charge in [-0.05, 0) is 38.1 Å². The van der Waals surface area contributed by atoms with Crippen LogP contribution in [0.15, 0.2) is 9.05 Å². The average Bonchev–Trinajstić information content (AvgIpc) is 2.91. The number of aromatic nitrogens is 4. The largest absolute Gasteiger partial charge is 0.339 e. The summed E-state index contributed by atoms with van der Waals surface area (Å²) in [5.74, 6) is 4.12. The van der Waals surface area contributed by atoms with Crippen molar-refractivity contribution in [2.75, 3.05) is 6.54 Å². The molecule has 1 saturated carbocycles. The summed E-state index contributed by atoms with van der Waals surface area (Å²) in [5.41, 5.74) is 0.